The van der Waals surface area contributed by atoms with Crippen LogP contribution in [0.15, 0.2) is 0 Å². The summed E-state index contributed by atoms with van der Waals surface area (Å²) in [5.74, 6) is 0. The molecule has 46 valence electrons. The van der Waals surface area contributed by atoms with Crippen molar-refractivity contribution in [2.75, 3.05) is 27.2 Å². The van der Waals surface area contributed by atoms with Gasteiger partial charge in [-0.2, -0.15) is 0 Å². The Kier molecular flexibility index (Phi) is 16.1. The van der Waals surface area contributed by atoms with Gasteiger partial charge in [0.1, 0.15) is 0 Å². The predicted molar refractivity (Wildman–Crippen MR) is 27.9 cm³/mol. The SMILES string of the molecule is CNCCNC.[Ar]. The molecule has 0 saturated heterocycles. The van der Waals surface area contributed by atoms with Crippen LogP contribution in [0.1, 0.15) is 0 Å². The molecular formula is C4H12ArN2. The first kappa shape index (κ1) is 11.0. The normalized spacial score (nSPS) is 7.71. The number of hydrogen-bond acceptors (Lipinski definition) is 2. The van der Waals surface area contributed by atoms with Crippen molar-refractivity contribution in [3.63, 3.8) is 0 Å². The van der Waals surface area contributed by atoms with Gasteiger partial charge in [0.2, 0.25) is 0 Å². The van der Waals surface area contributed by atoms with E-state index in [1.165, 1.54) is 0 Å². The number of likely N-dealkylation sites (N-methyl/N-ethyl adjacent to an activating group) is 2. The second kappa shape index (κ2) is 10.2. The third-order valence-electron chi connectivity index (χ3n) is 0.625. The van der Waals surface area contributed by atoms with Gasteiger partial charge in [0, 0.05) is 50.8 Å². The van der Waals surface area contributed by atoms with E-state index in [1.54, 1.807) is 0 Å². The quantitative estimate of drug-likeness (QED) is 0.497. The topological polar surface area (TPSA) is 24.1 Å². The molecule has 0 amide bonds. The van der Waals surface area contributed by atoms with Crippen molar-refractivity contribution >= 4 is 0 Å². The molecule has 0 aliphatic carbocycles. The second-order valence-corrected chi connectivity index (χ2v) is 1.21. The molecule has 0 spiro atoms. The smallest absolute Gasteiger partial charge is 0.00736 e. The van der Waals surface area contributed by atoms with E-state index in [0.717, 1.165) is 13.1 Å². The molecule has 2 N–H and O–H groups in total. The first-order chi connectivity index (χ1) is 2.91. The van der Waals surface area contributed by atoms with Gasteiger partial charge in [0.05, 0.1) is 0 Å². The molecule has 3 heteroatoms. The maximum atomic E-state index is 3.01. The molecule has 2 nitrogen and oxygen atoms in total. The van der Waals surface area contributed by atoms with Gasteiger partial charge in [-0.3, -0.25) is 0 Å². The first-order valence-corrected chi connectivity index (χ1v) is 2.21. The van der Waals surface area contributed by atoms with Gasteiger partial charge >= 0.3 is 0 Å². The molecule has 0 aliphatic heterocycles. The van der Waals surface area contributed by atoms with Crippen LogP contribution in [-0.4, -0.2) is 27.2 Å². The van der Waals surface area contributed by atoms with Gasteiger partial charge < -0.3 is 10.6 Å². The van der Waals surface area contributed by atoms with Crippen LogP contribution in [0, 0.1) is 37.7 Å². The predicted octanol–water partition coefficient (Wildman–Crippen LogP) is -0.575. The van der Waals surface area contributed by atoms with Crippen molar-refractivity contribution in [1.29, 1.82) is 0 Å². The van der Waals surface area contributed by atoms with E-state index in [4.69, 9.17) is 0 Å². The summed E-state index contributed by atoms with van der Waals surface area (Å²) < 4.78 is 0. The van der Waals surface area contributed by atoms with Crippen LogP contribution in [-0.2, 0) is 0 Å². The van der Waals surface area contributed by atoms with E-state index in [-0.39, 0.29) is 37.7 Å². The standard InChI is InChI=1S/C4H12N2.Ar/c1-5-3-4-6-2;/h5-6H,3-4H2,1-2H3;. The third-order valence-corrected chi connectivity index (χ3v) is 0.625. The summed E-state index contributed by atoms with van der Waals surface area (Å²) in [5.41, 5.74) is 0. The minimum Gasteiger partial charge on any atom is -0.318 e. The minimum atomic E-state index is 0. The van der Waals surface area contributed by atoms with Gasteiger partial charge in [-0.05, 0) is 14.1 Å². The Labute approximate surface area is 75.0 Å². The number of rotatable bonds is 3. The zero-order chi connectivity index (χ0) is 4.83. The van der Waals surface area contributed by atoms with E-state index in [0.29, 0.717) is 0 Å². The summed E-state index contributed by atoms with van der Waals surface area (Å²) >= 11 is 0. The molecule has 0 saturated carbocycles. The van der Waals surface area contributed by atoms with Crippen molar-refractivity contribution in [3.05, 3.63) is 0 Å². The molecule has 0 fully saturated rings. The average Bonchev–Trinajstić information content (AvgIpc) is 1.61. The first-order valence-electron chi connectivity index (χ1n) is 2.21. The molecular weight excluding hydrogens is 116 g/mol. The van der Waals surface area contributed by atoms with Crippen molar-refractivity contribution in [2.24, 2.45) is 0 Å². The maximum absolute atomic E-state index is 3.01. The molecule has 0 unspecified atom stereocenters. The Hall–Kier alpha value is 1.18. The maximum Gasteiger partial charge on any atom is 0.00736 e. The molecule has 0 aromatic heterocycles. The fraction of sp³-hybridized carbons (Fsp3) is 1.00. The largest absolute Gasteiger partial charge is 0.318 e. The van der Waals surface area contributed by atoms with E-state index in [9.17, 15) is 0 Å². The fourth-order valence-electron chi connectivity index (χ4n) is 0.250. The van der Waals surface area contributed by atoms with Crippen LogP contribution in [0.3, 0.4) is 0 Å². The zero-order valence-electron chi connectivity index (χ0n) is 4.77. The van der Waals surface area contributed by atoms with E-state index in [2.05, 4.69) is 10.6 Å². The monoisotopic (exact) mass is 128 g/mol. The molecule has 0 heterocycles. The summed E-state index contributed by atoms with van der Waals surface area (Å²) in [6.45, 7) is 2.10. The number of nitrogens with one attached hydrogen (secondary N) is 2. The Morgan fingerprint density at radius 3 is 1.43 bits per heavy atom. The van der Waals surface area contributed by atoms with Crippen molar-refractivity contribution in [3.8, 4) is 0 Å². The van der Waals surface area contributed by atoms with Gasteiger partial charge in [-0.25, -0.2) is 0 Å². The van der Waals surface area contributed by atoms with Crippen LogP contribution in [0.4, 0.5) is 0 Å². The van der Waals surface area contributed by atoms with Crippen LogP contribution in [0.5, 0.6) is 0 Å². The molecule has 7 heavy (non-hydrogen) atoms. The Morgan fingerprint density at radius 2 is 1.29 bits per heavy atom. The molecule has 0 rings (SSSR count). The summed E-state index contributed by atoms with van der Waals surface area (Å²) in [7, 11) is 3.88. The van der Waals surface area contributed by atoms with Crippen molar-refractivity contribution < 1.29 is 37.7 Å². The number of hydrogen-bond donors (Lipinski definition) is 2. The van der Waals surface area contributed by atoms with E-state index >= 15 is 0 Å². The molecule has 0 aromatic carbocycles. The minimum absolute atomic E-state index is 0. The fourth-order valence-corrected chi connectivity index (χ4v) is 0.250. The summed E-state index contributed by atoms with van der Waals surface area (Å²) in [4.78, 5) is 0. The summed E-state index contributed by atoms with van der Waals surface area (Å²) in [6, 6.07) is 0. The Bertz CT molecular complexity index is 21.7. The van der Waals surface area contributed by atoms with Gasteiger partial charge in [-0.1, -0.05) is 0 Å². The summed E-state index contributed by atoms with van der Waals surface area (Å²) in [6.07, 6.45) is 0. The van der Waals surface area contributed by atoms with Crippen molar-refractivity contribution in [2.45, 2.75) is 0 Å². The van der Waals surface area contributed by atoms with Gasteiger partial charge in [-0.15, -0.1) is 0 Å². The van der Waals surface area contributed by atoms with Crippen LogP contribution in [0.2, 0.25) is 0 Å². The molecule has 0 radical (unpaired) electrons. The van der Waals surface area contributed by atoms with Crippen molar-refractivity contribution in [1.82, 2.24) is 10.6 Å². The van der Waals surface area contributed by atoms with Gasteiger partial charge in [0.25, 0.3) is 0 Å². The summed E-state index contributed by atoms with van der Waals surface area (Å²) in [5, 5.41) is 6.01. The third kappa shape index (κ3) is 11.0. The molecule has 0 bridgehead atoms. The van der Waals surface area contributed by atoms with Crippen LogP contribution in [0.25, 0.3) is 0 Å². The van der Waals surface area contributed by atoms with Crippen LogP contribution < -0.4 is 10.6 Å². The Morgan fingerprint density at radius 1 is 1.00 bits per heavy atom. The molecule has 0 atom stereocenters. The van der Waals surface area contributed by atoms with E-state index < -0.39 is 0 Å². The average molecular weight is 128 g/mol. The Balaban J connectivity index is 0. The van der Waals surface area contributed by atoms with Crippen LogP contribution >= 0.6 is 0 Å². The molecule has 0 aliphatic rings. The molecule has 0 aromatic rings. The van der Waals surface area contributed by atoms with E-state index in [1.807, 2.05) is 14.1 Å². The zero-order valence-corrected chi connectivity index (χ0v) is 5.47. The second-order valence-electron chi connectivity index (χ2n) is 1.21. The van der Waals surface area contributed by atoms with Gasteiger partial charge in [0.15, 0.2) is 0 Å².